The Labute approximate surface area is 186 Å². The molecular formula is C17H30N5O4Y-. The molecule has 151 valence electrons. The number of benzene rings is 1. The van der Waals surface area contributed by atoms with Crippen LogP contribution >= 0.6 is 0 Å². The number of hydrogen-bond donors (Lipinski definition) is 4. The van der Waals surface area contributed by atoms with Crippen molar-refractivity contribution in [1.82, 2.24) is 16.0 Å². The number of nitrogens with two attached hydrogens (primary N) is 1. The van der Waals surface area contributed by atoms with Gasteiger partial charge in [0.15, 0.2) is 5.91 Å². The molecule has 1 rings (SSSR count). The molecule has 0 atom stereocenters. The molecule has 0 unspecified atom stereocenters. The Morgan fingerprint density at radius 1 is 1.04 bits per heavy atom. The third-order valence-electron chi connectivity index (χ3n) is 2.19. The summed E-state index contributed by atoms with van der Waals surface area (Å²) in [5, 5.41) is 7.23. The van der Waals surface area contributed by atoms with Gasteiger partial charge in [0.05, 0.1) is 6.54 Å². The minimum Gasteiger partial charge on any atom is -0.670 e. The summed E-state index contributed by atoms with van der Waals surface area (Å²) in [6.07, 6.45) is 0.745. The Morgan fingerprint density at radius 2 is 1.48 bits per heavy atom. The average Bonchev–Trinajstić information content (AvgIpc) is 2.63. The van der Waals surface area contributed by atoms with E-state index >= 15 is 0 Å². The second-order valence-electron chi connectivity index (χ2n) is 4.37. The third-order valence-corrected chi connectivity index (χ3v) is 2.19. The molecule has 0 bridgehead atoms. The Hall–Kier alpha value is -1.84. The predicted octanol–water partition coefficient (Wildman–Crippen LogP) is 0.137. The van der Waals surface area contributed by atoms with E-state index in [4.69, 9.17) is 10.5 Å². The molecule has 0 aliphatic rings. The van der Waals surface area contributed by atoms with Gasteiger partial charge < -0.3 is 27.4 Å². The standard InChI is InChI=1S/C7H8.C5H10N2O2.C4H9N2O.CH3NO.Y/c1-7-5-3-2-4-6-7;1-2-7-5(9)3-6-4-8;1-2-6-4(7)3-5;2-1-3;/h2-6H,1H3;4H,2-3H2,1H3,(H,6,8)(H,7,9);5H,2-3H2,1H3,(H,6,7);1H,(H2,2,3);/q;;-1;;. The molecule has 0 saturated heterocycles. The van der Waals surface area contributed by atoms with Crippen LogP contribution in [0.15, 0.2) is 30.3 Å². The Kier molecular flexibility index (Phi) is 35.2. The summed E-state index contributed by atoms with van der Waals surface area (Å²) in [4.78, 5) is 38.8. The first kappa shape index (κ1) is 32.8. The van der Waals surface area contributed by atoms with Crippen molar-refractivity contribution in [2.24, 2.45) is 5.73 Å². The Morgan fingerprint density at radius 3 is 1.74 bits per heavy atom. The van der Waals surface area contributed by atoms with Crippen LogP contribution in [0, 0.1) is 6.92 Å². The first-order valence-corrected chi connectivity index (χ1v) is 7.95. The maximum Gasteiger partial charge on any atom is 0.239 e. The number of carbonyl (C=O) groups is 4. The zero-order valence-electron chi connectivity index (χ0n) is 16.2. The summed E-state index contributed by atoms with van der Waals surface area (Å²) in [7, 11) is 0. The smallest absolute Gasteiger partial charge is 0.239 e. The zero-order chi connectivity index (χ0) is 20.6. The second kappa shape index (κ2) is 28.9. The largest absolute Gasteiger partial charge is 0.670 e. The van der Waals surface area contributed by atoms with E-state index in [1.54, 1.807) is 0 Å². The molecule has 9 nitrogen and oxygen atoms in total. The van der Waals surface area contributed by atoms with Crippen molar-refractivity contribution in [3.8, 4) is 0 Å². The summed E-state index contributed by atoms with van der Waals surface area (Å²) < 4.78 is 0. The topological polar surface area (TPSA) is 154 Å². The maximum atomic E-state index is 10.5. The summed E-state index contributed by atoms with van der Waals surface area (Å²) >= 11 is 0. The molecule has 10 heteroatoms. The van der Waals surface area contributed by atoms with Gasteiger partial charge in [0.1, 0.15) is 0 Å². The van der Waals surface area contributed by atoms with E-state index in [0.29, 0.717) is 19.5 Å². The van der Waals surface area contributed by atoms with Gasteiger partial charge in [0.2, 0.25) is 18.7 Å². The van der Waals surface area contributed by atoms with Gasteiger partial charge in [0, 0.05) is 45.8 Å². The molecule has 0 fully saturated rings. The van der Waals surface area contributed by atoms with Crippen molar-refractivity contribution < 1.29 is 51.9 Å². The molecule has 0 spiro atoms. The molecule has 0 aromatic heterocycles. The van der Waals surface area contributed by atoms with E-state index in [1.807, 2.05) is 32.0 Å². The molecule has 1 aromatic carbocycles. The number of aryl methyl sites for hydroxylation is 1. The summed E-state index contributed by atoms with van der Waals surface area (Å²) in [5.74, 6) is -0.368. The molecule has 0 aliphatic heterocycles. The van der Waals surface area contributed by atoms with Gasteiger partial charge in [-0.25, -0.2) is 0 Å². The summed E-state index contributed by atoms with van der Waals surface area (Å²) in [5.41, 5.74) is 12.0. The number of rotatable bonds is 6. The van der Waals surface area contributed by atoms with Crippen molar-refractivity contribution in [2.75, 3.05) is 26.2 Å². The molecule has 6 N–H and O–H groups in total. The number of nitrogens with one attached hydrogen (secondary N) is 4. The van der Waals surface area contributed by atoms with Crippen LogP contribution in [-0.4, -0.2) is 50.8 Å². The van der Waals surface area contributed by atoms with Gasteiger partial charge in [-0.2, -0.15) is 0 Å². The van der Waals surface area contributed by atoms with Crippen LogP contribution < -0.4 is 21.7 Å². The van der Waals surface area contributed by atoms with Crippen molar-refractivity contribution in [3.05, 3.63) is 41.6 Å². The quantitative estimate of drug-likeness (QED) is 0.449. The van der Waals surface area contributed by atoms with E-state index in [0.717, 1.165) is 0 Å². The van der Waals surface area contributed by atoms with Crippen molar-refractivity contribution in [1.29, 1.82) is 0 Å². The second-order valence-corrected chi connectivity index (χ2v) is 4.37. The molecule has 0 heterocycles. The van der Waals surface area contributed by atoms with Gasteiger partial charge in [-0.3, -0.25) is 19.2 Å². The summed E-state index contributed by atoms with van der Waals surface area (Å²) in [6, 6.07) is 10.3. The fourth-order valence-corrected chi connectivity index (χ4v) is 1.19. The van der Waals surface area contributed by atoms with Crippen LogP contribution in [0.3, 0.4) is 0 Å². The van der Waals surface area contributed by atoms with Crippen molar-refractivity contribution in [3.63, 3.8) is 0 Å². The number of primary amides is 1. The normalized spacial score (nSPS) is 7.56. The minimum absolute atomic E-state index is 0. The molecule has 27 heavy (non-hydrogen) atoms. The molecular weight excluding hydrogens is 427 g/mol. The predicted molar refractivity (Wildman–Crippen MR) is 102 cm³/mol. The SMILES string of the molecule is CCNC(=O)CNC=O.CCNC(=O)C[NH-].Cc1ccccc1.NC=O.[Y]. The van der Waals surface area contributed by atoms with Gasteiger partial charge in [0.25, 0.3) is 0 Å². The van der Waals surface area contributed by atoms with Gasteiger partial charge in [-0.1, -0.05) is 42.4 Å². The van der Waals surface area contributed by atoms with Crippen LogP contribution in [0.25, 0.3) is 5.73 Å². The number of amides is 4. The van der Waals surface area contributed by atoms with Gasteiger partial charge >= 0.3 is 0 Å². The van der Waals surface area contributed by atoms with E-state index in [9.17, 15) is 14.4 Å². The maximum absolute atomic E-state index is 10.5. The van der Waals surface area contributed by atoms with Crippen LogP contribution in [0.1, 0.15) is 19.4 Å². The third kappa shape index (κ3) is 36.0. The number of hydrogen-bond acceptors (Lipinski definition) is 4. The van der Waals surface area contributed by atoms with E-state index < -0.39 is 0 Å². The van der Waals surface area contributed by atoms with E-state index in [-0.39, 0.29) is 64.0 Å². The summed E-state index contributed by atoms with van der Waals surface area (Å²) in [6.45, 7) is 6.86. The average molecular weight is 457 g/mol. The first-order chi connectivity index (χ1) is 12.4. The molecule has 0 aliphatic carbocycles. The van der Waals surface area contributed by atoms with Crippen LogP contribution in [0.2, 0.25) is 0 Å². The molecule has 0 saturated carbocycles. The van der Waals surface area contributed by atoms with Crippen molar-refractivity contribution >= 4 is 24.6 Å². The van der Waals surface area contributed by atoms with E-state index in [1.165, 1.54) is 5.56 Å². The Bertz CT molecular complexity index is 476. The van der Waals surface area contributed by atoms with Gasteiger partial charge in [-0.15, -0.1) is 0 Å². The molecule has 1 radical (unpaired) electrons. The molecule has 1 aromatic rings. The van der Waals surface area contributed by atoms with Crippen LogP contribution in [0.5, 0.6) is 0 Å². The number of likely N-dealkylation sites (N-methyl/N-ethyl adjacent to an activating group) is 2. The first-order valence-electron chi connectivity index (χ1n) is 7.95. The fraction of sp³-hybridized carbons (Fsp3) is 0.412. The Balaban J connectivity index is -0.000000135. The van der Waals surface area contributed by atoms with E-state index in [2.05, 4.69) is 40.7 Å². The molecule has 4 amide bonds. The van der Waals surface area contributed by atoms with Crippen LogP contribution in [0.4, 0.5) is 0 Å². The van der Waals surface area contributed by atoms with Gasteiger partial charge in [-0.05, 0) is 20.8 Å². The minimum atomic E-state index is -0.206. The van der Waals surface area contributed by atoms with Crippen LogP contribution in [-0.2, 0) is 51.9 Å². The zero-order valence-corrected chi connectivity index (χ0v) is 19.0. The number of carbonyl (C=O) groups excluding carboxylic acids is 4. The van der Waals surface area contributed by atoms with Crippen molar-refractivity contribution in [2.45, 2.75) is 20.8 Å². The fourth-order valence-electron chi connectivity index (χ4n) is 1.19. The monoisotopic (exact) mass is 457 g/mol.